The summed E-state index contributed by atoms with van der Waals surface area (Å²) in [6, 6.07) is 18.2. The molecule has 0 saturated heterocycles. The number of amides is 1. The topological polar surface area (TPSA) is 64.3 Å². The van der Waals surface area contributed by atoms with E-state index in [1.54, 1.807) is 44.7 Å². The smallest absolute Gasteiger partial charge is 0.274 e. The van der Waals surface area contributed by atoms with Crippen LogP contribution in [0.3, 0.4) is 0 Å². The first-order chi connectivity index (χ1) is 13.7. The molecule has 6 nitrogen and oxygen atoms in total. The second-order valence-electron chi connectivity index (χ2n) is 6.40. The zero-order valence-corrected chi connectivity index (χ0v) is 15.7. The van der Waals surface area contributed by atoms with Crippen LogP contribution in [0.15, 0.2) is 76.4 Å². The fraction of sp³-hybridized carbons (Fsp3) is 0.182. The minimum absolute atomic E-state index is 0.201. The molecule has 4 rings (SSSR count). The van der Waals surface area contributed by atoms with Crippen molar-refractivity contribution in [2.75, 3.05) is 14.2 Å². The molecule has 2 heterocycles. The Morgan fingerprint density at radius 2 is 1.79 bits per heavy atom. The molecule has 0 saturated carbocycles. The Morgan fingerprint density at radius 1 is 1.04 bits per heavy atom. The Labute approximate surface area is 163 Å². The van der Waals surface area contributed by atoms with Gasteiger partial charge in [-0.2, -0.15) is 5.10 Å². The fourth-order valence-electron chi connectivity index (χ4n) is 3.29. The van der Waals surface area contributed by atoms with Gasteiger partial charge in [0.05, 0.1) is 26.5 Å². The van der Waals surface area contributed by atoms with E-state index in [1.807, 2.05) is 36.4 Å². The number of methoxy groups -OCH3 is 2. The summed E-state index contributed by atoms with van der Waals surface area (Å²) >= 11 is 0. The number of ether oxygens (including phenoxy) is 2. The number of furan rings is 1. The predicted octanol–water partition coefficient (Wildman–Crippen LogP) is 4.29. The molecular weight excluding hydrogens is 356 g/mol. The molecule has 0 bridgehead atoms. The van der Waals surface area contributed by atoms with Crippen LogP contribution in [0, 0.1) is 0 Å². The van der Waals surface area contributed by atoms with Gasteiger partial charge in [0.25, 0.3) is 5.91 Å². The largest absolute Gasteiger partial charge is 0.497 e. The van der Waals surface area contributed by atoms with Gasteiger partial charge in [0.2, 0.25) is 0 Å². The zero-order chi connectivity index (χ0) is 19.5. The highest BCUT2D eigenvalue weighted by Crippen LogP contribution is 2.35. The van der Waals surface area contributed by atoms with E-state index in [0.717, 1.165) is 17.0 Å². The number of hydrogen-bond donors (Lipinski definition) is 0. The number of carbonyl (C=O) groups is 1. The minimum Gasteiger partial charge on any atom is -0.497 e. The van der Waals surface area contributed by atoms with Gasteiger partial charge >= 0.3 is 0 Å². The normalized spacial score (nSPS) is 16.0. The van der Waals surface area contributed by atoms with Crippen molar-refractivity contribution in [3.8, 4) is 11.5 Å². The van der Waals surface area contributed by atoms with Gasteiger partial charge in [0, 0.05) is 12.0 Å². The molecule has 0 fully saturated rings. The average Bonchev–Trinajstić information content (AvgIpc) is 3.43. The summed E-state index contributed by atoms with van der Waals surface area (Å²) in [6.45, 7) is 0. The maximum absolute atomic E-state index is 13.3. The van der Waals surface area contributed by atoms with E-state index in [9.17, 15) is 4.79 Å². The SMILES string of the molecule is COc1cccc(C(=O)N2N=C(c3ccco3)C[C@@H]2c2cccc(OC)c2)c1. The summed E-state index contributed by atoms with van der Waals surface area (Å²) in [5.74, 6) is 1.82. The van der Waals surface area contributed by atoms with Crippen LogP contribution in [0.1, 0.15) is 34.1 Å². The highest BCUT2D eigenvalue weighted by atomic mass is 16.5. The van der Waals surface area contributed by atoms with Crippen molar-refractivity contribution in [3.05, 3.63) is 83.8 Å². The summed E-state index contributed by atoms with van der Waals surface area (Å²) in [6.07, 6.45) is 2.15. The van der Waals surface area contributed by atoms with Crippen LogP contribution in [0.2, 0.25) is 0 Å². The molecule has 1 aliphatic heterocycles. The molecule has 1 amide bonds. The molecule has 0 unspecified atom stereocenters. The molecule has 28 heavy (non-hydrogen) atoms. The lowest BCUT2D eigenvalue weighted by Crippen LogP contribution is -2.27. The quantitative estimate of drug-likeness (QED) is 0.666. The van der Waals surface area contributed by atoms with Crippen LogP contribution in [0.5, 0.6) is 11.5 Å². The van der Waals surface area contributed by atoms with Crippen molar-refractivity contribution in [1.82, 2.24) is 5.01 Å². The molecule has 6 heteroatoms. The van der Waals surface area contributed by atoms with Crippen molar-refractivity contribution in [3.63, 3.8) is 0 Å². The average molecular weight is 376 g/mol. The Bertz CT molecular complexity index is 1010. The van der Waals surface area contributed by atoms with Gasteiger partial charge in [-0.3, -0.25) is 4.79 Å². The molecule has 142 valence electrons. The van der Waals surface area contributed by atoms with E-state index in [0.29, 0.717) is 23.5 Å². The molecule has 0 radical (unpaired) electrons. The lowest BCUT2D eigenvalue weighted by atomic mass is 10.00. The Hall–Kier alpha value is -3.54. The lowest BCUT2D eigenvalue weighted by Gasteiger charge is -2.22. The van der Waals surface area contributed by atoms with E-state index in [1.165, 1.54) is 5.01 Å². The summed E-state index contributed by atoms with van der Waals surface area (Å²) < 4.78 is 16.1. The lowest BCUT2D eigenvalue weighted by molar-refractivity contribution is 0.0710. The monoisotopic (exact) mass is 376 g/mol. The Balaban J connectivity index is 1.73. The minimum atomic E-state index is -0.256. The van der Waals surface area contributed by atoms with Gasteiger partial charge < -0.3 is 13.9 Å². The van der Waals surface area contributed by atoms with E-state index >= 15 is 0 Å². The molecular formula is C22H20N2O4. The van der Waals surface area contributed by atoms with Crippen molar-refractivity contribution in [2.24, 2.45) is 5.10 Å². The van der Waals surface area contributed by atoms with Crippen molar-refractivity contribution >= 4 is 11.6 Å². The van der Waals surface area contributed by atoms with E-state index in [4.69, 9.17) is 13.9 Å². The first-order valence-electron chi connectivity index (χ1n) is 8.92. The van der Waals surface area contributed by atoms with Crippen LogP contribution in [-0.2, 0) is 0 Å². The third-order valence-corrected chi connectivity index (χ3v) is 4.72. The molecule has 0 N–H and O–H groups in total. The van der Waals surface area contributed by atoms with Crippen molar-refractivity contribution in [1.29, 1.82) is 0 Å². The summed E-state index contributed by atoms with van der Waals surface area (Å²) in [4.78, 5) is 13.3. The van der Waals surface area contributed by atoms with Gasteiger partial charge in [-0.25, -0.2) is 5.01 Å². The zero-order valence-electron chi connectivity index (χ0n) is 15.7. The first-order valence-corrected chi connectivity index (χ1v) is 8.92. The van der Waals surface area contributed by atoms with Gasteiger partial charge in [0.1, 0.15) is 23.0 Å². The maximum atomic E-state index is 13.3. The molecule has 0 aliphatic carbocycles. The second kappa shape index (κ2) is 7.60. The summed E-state index contributed by atoms with van der Waals surface area (Å²) in [5.41, 5.74) is 2.19. The molecule has 3 aromatic rings. The van der Waals surface area contributed by atoms with Crippen LogP contribution in [0.25, 0.3) is 0 Å². The van der Waals surface area contributed by atoms with Crippen LogP contribution in [-0.4, -0.2) is 30.8 Å². The number of rotatable bonds is 5. The molecule has 2 aromatic carbocycles. The predicted molar refractivity (Wildman–Crippen MR) is 105 cm³/mol. The third kappa shape index (κ3) is 3.36. The van der Waals surface area contributed by atoms with Crippen LogP contribution in [0.4, 0.5) is 0 Å². The van der Waals surface area contributed by atoms with Gasteiger partial charge in [-0.1, -0.05) is 18.2 Å². The number of hydrazone groups is 1. The highest BCUT2D eigenvalue weighted by molar-refractivity contribution is 6.03. The van der Waals surface area contributed by atoms with Gasteiger partial charge in [0.15, 0.2) is 0 Å². The Morgan fingerprint density at radius 3 is 2.50 bits per heavy atom. The van der Waals surface area contributed by atoms with Crippen LogP contribution >= 0.6 is 0 Å². The highest BCUT2D eigenvalue weighted by Gasteiger charge is 2.34. The van der Waals surface area contributed by atoms with Crippen LogP contribution < -0.4 is 9.47 Å². The first kappa shape index (κ1) is 17.9. The van der Waals surface area contributed by atoms with E-state index < -0.39 is 0 Å². The van der Waals surface area contributed by atoms with Gasteiger partial charge in [-0.05, 0) is 48.0 Å². The summed E-state index contributed by atoms with van der Waals surface area (Å²) in [5, 5.41) is 6.12. The molecule has 1 aromatic heterocycles. The van der Waals surface area contributed by atoms with Gasteiger partial charge in [-0.15, -0.1) is 0 Å². The number of carbonyl (C=O) groups excluding carboxylic acids is 1. The molecule has 1 aliphatic rings. The number of hydrogen-bond acceptors (Lipinski definition) is 5. The fourth-order valence-corrected chi connectivity index (χ4v) is 3.29. The summed E-state index contributed by atoms with van der Waals surface area (Å²) in [7, 11) is 3.20. The third-order valence-electron chi connectivity index (χ3n) is 4.72. The number of benzene rings is 2. The van der Waals surface area contributed by atoms with E-state index in [-0.39, 0.29) is 11.9 Å². The second-order valence-corrected chi connectivity index (χ2v) is 6.40. The number of nitrogens with zero attached hydrogens (tertiary/aromatic N) is 2. The Kier molecular flexibility index (Phi) is 4.85. The van der Waals surface area contributed by atoms with Crippen molar-refractivity contribution < 1.29 is 18.7 Å². The van der Waals surface area contributed by atoms with Crippen molar-refractivity contribution in [2.45, 2.75) is 12.5 Å². The maximum Gasteiger partial charge on any atom is 0.274 e. The standard InChI is InChI=1S/C22H20N2O4/c1-26-17-8-3-6-15(12-17)20-14-19(21-10-5-11-28-21)23-24(20)22(25)16-7-4-9-18(13-16)27-2/h3-13,20H,14H2,1-2H3/t20-/m1/s1. The molecule has 1 atom stereocenters. The molecule has 0 spiro atoms. The van der Waals surface area contributed by atoms with E-state index in [2.05, 4.69) is 5.10 Å².